The van der Waals surface area contributed by atoms with Crippen molar-refractivity contribution in [2.24, 2.45) is 5.73 Å². The van der Waals surface area contributed by atoms with Gasteiger partial charge < -0.3 is 100 Å². The molecule has 4 rings (SSSR count). The molecule has 0 aromatic heterocycles. The number of hydrogen-bond acceptors (Lipinski definition) is 20. The minimum atomic E-state index is -1.89. The summed E-state index contributed by atoms with van der Waals surface area (Å²) in [7, 11) is 0. The summed E-state index contributed by atoms with van der Waals surface area (Å²) in [6.07, 6.45) is -28.6. The lowest BCUT2D eigenvalue weighted by atomic mass is 9.95. The van der Waals surface area contributed by atoms with E-state index in [-0.39, 0.29) is 13.0 Å². The van der Waals surface area contributed by atoms with E-state index in [1.807, 2.05) is 0 Å². The van der Waals surface area contributed by atoms with Crippen LogP contribution >= 0.6 is 0 Å². The largest absolute Gasteiger partial charge is 0.394 e. The molecular weight excluding hydrogens is 618 g/mol. The highest BCUT2D eigenvalue weighted by atomic mass is 16.7. The molecule has 20 heteroatoms. The molecule has 4 aliphatic heterocycles. The Morgan fingerprint density at radius 3 is 1.56 bits per heavy atom. The zero-order valence-corrected chi connectivity index (χ0v) is 24.0. The average molecular weight is 664 g/mol. The number of hydrogen-bond donors (Lipinski definition) is 13. The summed E-state index contributed by atoms with van der Waals surface area (Å²) in [5.41, 5.74) is 6.28. The van der Waals surface area contributed by atoms with Crippen LogP contribution in [0.1, 0.15) is 6.42 Å². The molecule has 45 heavy (non-hydrogen) atoms. The topological polar surface area (TPSA) is 333 Å². The third-order valence-corrected chi connectivity index (χ3v) is 8.39. The Labute approximate surface area is 256 Å². The molecular formula is C25H45NO19. The van der Waals surface area contributed by atoms with Gasteiger partial charge in [0.05, 0.1) is 51.3 Å². The van der Waals surface area contributed by atoms with Crippen molar-refractivity contribution in [1.29, 1.82) is 0 Å². The van der Waals surface area contributed by atoms with Crippen molar-refractivity contribution in [2.45, 2.75) is 123 Å². The maximum absolute atomic E-state index is 11.2. The summed E-state index contributed by atoms with van der Waals surface area (Å²) in [6.45, 7) is -3.26. The number of nitrogens with two attached hydrogens (primary N) is 1. The molecule has 0 saturated carbocycles. The van der Waals surface area contributed by atoms with Crippen LogP contribution in [0.4, 0.5) is 0 Å². The highest BCUT2D eigenvalue weighted by molar-refractivity contribution is 4.98. The highest BCUT2D eigenvalue weighted by Gasteiger charge is 2.54. The molecule has 0 aromatic rings. The zero-order chi connectivity index (χ0) is 33.2. The average Bonchev–Trinajstić information content (AvgIpc) is 3.15. The van der Waals surface area contributed by atoms with Gasteiger partial charge >= 0.3 is 0 Å². The molecule has 19 atom stereocenters. The molecule has 0 spiro atoms. The fourth-order valence-electron chi connectivity index (χ4n) is 5.75. The molecule has 0 aliphatic carbocycles. The highest BCUT2D eigenvalue weighted by Crippen LogP contribution is 2.33. The van der Waals surface area contributed by atoms with Crippen LogP contribution in [0.3, 0.4) is 0 Å². The van der Waals surface area contributed by atoms with E-state index in [9.17, 15) is 61.3 Å². The van der Waals surface area contributed by atoms with E-state index in [2.05, 4.69) is 0 Å². The van der Waals surface area contributed by atoms with Gasteiger partial charge in [0.1, 0.15) is 79.4 Å². The molecule has 4 heterocycles. The van der Waals surface area contributed by atoms with Crippen LogP contribution in [0.15, 0.2) is 0 Å². The Balaban J connectivity index is 1.53. The predicted octanol–water partition coefficient (Wildman–Crippen LogP) is -8.71. The van der Waals surface area contributed by atoms with Gasteiger partial charge in [0.15, 0.2) is 18.9 Å². The first-order valence-corrected chi connectivity index (χ1v) is 14.5. The van der Waals surface area contributed by atoms with Crippen LogP contribution in [0.2, 0.25) is 0 Å². The minimum Gasteiger partial charge on any atom is -0.394 e. The lowest BCUT2D eigenvalue weighted by Crippen LogP contribution is -2.69. The zero-order valence-electron chi connectivity index (χ0n) is 24.0. The van der Waals surface area contributed by atoms with Crippen LogP contribution in [-0.4, -0.2) is 211 Å². The maximum atomic E-state index is 11.2. The molecule has 0 bridgehead atoms. The SMILES string of the molecule is NC1C(OC2C(O)C(CO)OC(OC3C(O)CC(O)COC3CO)C2O)OC(CO)C(O)C1OC1OC(CO)C(O)C(O)C1O. The summed E-state index contributed by atoms with van der Waals surface area (Å²) in [6, 6.07) is -1.51. The summed E-state index contributed by atoms with van der Waals surface area (Å²) < 4.78 is 39.0. The predicted molar refractivity (Wildman–Crippen MR) is 139 cm³/mol. The molecule has 14 N–H and O–H groups in total. The van der Waals surface area contributed by atoms with Crippen molar-refractivity contribution in [2.75, 3.05) is 33.0 Å². The van der Waals surface area contributed by atoms with Crippen LogP contribution in [-0.2, 0) is 33.2 Å². The van der Waals surface area contributed by atoms with Crippen LogP contribution in [0, 0.1) is 0 Å². The van der Waals surface area contributed by atoms with E-state index in [0.717, 1.165) is 0 Å². The number of ether oxygens (including phenoxy) is 7. The fourth-order valence-corrected chi connectivity index (χ4v) is 5.75. The molecule has 0 aromatic carbocycles. The molecule has 20 nitrogen and oxygen atoms in total. The van der Waals surface area contributed by atoms with Gasteiger partial charge in [0, 0.05) is 6.42 Å². The Morgan fingerprint density at radius 1 is 0.511 bits per heavy atom. The minimum absolute atomic E-state index is 0.207. The van der Waals surface area contributed by atoms with Gasteiger partial charge in [-0.1, -0.05) is 0 Å². The first-order valence-electron chi connectivity index (χ1n) is 14.5. The molecule has 19 unspecified atom stereocenters. The van der Waals surface area contributed by atoms with Gasteiger partial charge in [-0.3, -0.25) is 0 Å². The van der Waals surface area contributed by atoms with E-state index in [4.69, 9.17) is 38.9 Å². The number of rotatable bonds is 10. The lowest BCUT2D eigenvalue weighted by molar-refractivity contribution is -0.369. The normalized spacial score (nSPS) is 51.5. The van der Waals surface area contributed by atoms with E-state index >= 15 is 0 Å². The monoisotopic (exact) mass is 663 g/mol. The molecule has 0 amide bonds. The smallest absolute Gasteiger partial charge is 0.187 e. The quantitative estimate of drug-likeness (QED) is 0.103. The Hall–Kier alpha value is -0.800. The number of aliphatic hydroxyl groups excluding tert-OH is 12. The first kappa shape index (κ1) is 37.0. The van der Waals surface area contributed by atoms with Crippen molar-refractivity contribution >= 4 is 0 Å². The van der Waals surface area contributed by atoms with Crippen molar-refractivity contribution in [3.05, 3.63) is 0 Å². The van der Waals surface area contributed by atoms with Crippen molar-refractivity contribution < 1.29 is 94.4 Å². The summed E-state index contributed by atoms with van der Waals surface area (Å²) in [4.78, 5) is 0. The van der Waals surface area contributed by atoms with Gasteiger partial charge in [-0.2, -0.15) is 0 Å². The van der Waals surface area contributed by atoms with E-state index in [0.29, 0.717) is 0 Å². The van der Waals surface area contributed by atoms with E-state index in [1.165, 1.54) is 0 Å². The second-order valence-electron chi connectivity index (χ2n) is 11.5. The van der Waals surface area contributed by atoms with Gasteiger partial charge in [-0.15, -0.1) is 0 Å². The summed E-state index contributed by atoms with van der Waals surface area (Å²) in [5, 5.41) is 123. The standard InChI is InChI=1S/C25H45NO19/c26-13-21(44-24-18(37)17(36)14(33)9(2-27)41-24)15(34)10(3-28)40-23(13)45-22-16(35)11(4-29)42-25(19(22)38)43-20-8(32)1-7(31)6-39-12(20)5-30/h7-25,27-38H,1-6,26H2. The van der Waals surface area contributed by atoms with Gasteiger partial charge in [0.25, 0.3) is 0 Å². The third-order valence-electron chi connectivity index (χ3n) is 8.39. The molecule has 264 valence electrons. The maximum Gasteiger partial charge on any atom is 0.187 e. The van der Waals surface area contributed by atoms with Crippen molar-refractivity contribution in [3.8, 4) is 0 Å². The Morgan fingerprint density at radius 2 is 0.978 bits per heavy atom. The second-order valence-corrected chi connectivity index (χ2v) is 11.5. The second kappa shape index (κ2) is 16.1. The van der Waals surface area contributed by atoms with E-state index < -0.39 is 143 Å². The summed E-state index contributed by atoms with van der Waals surface area (Å²) >= 11 is 0. The van der Waals surface area contributed by atoms with Gasteiger partial charge in [-0.25, -0.2) is 0 Å². The molecule has 0 radical (unpaired) electrons. The lowest BCUT2D eigenvalue weighted by Gasteiger charge is -2.49. The Kier molecular flexibility index (Phi) is 13.2. The Bertz CT molecular complexity index is 906. The third kappa shape index (κ3) is 7.92. The van der Waals surface area contributed by atoms with Crippen LogP contribution < -0.4 is 5.73 Å². The van der Waals surface area contributed by atoms with E-state index in [1.54, 1.807) is 0 Å². The first-order chi connectivity index (χ1) is 21.4. The van der Waals surface area contributed by atoms with Gasteiger partial charge in [-0.05, 0) is 0 Å². The van der Waals surface area contributed by atoms with Crippen LogP contribution in [0.25, 0.3) is 0 Å². The number of aliphatic hydroxyl groups is 12. The fraction of sp³-hybridized carbons (Fsp3) is 1.00. The van der Waals surface area contributed by atoms with Crippen LogP contribution in [0.5, 0.6) is 0 Å². The molecule has 4 fully saturated rings. The summed E-state index contributed by atoms with van der Waals surface area (Å²) in [5.74, 6) is 0. The molecule has 4 aliphatic rings. The van der Waals surface area contributed by atoms with Crippen molar-refractivity contribution in [1.82, 2.24) is 0 Å². The van der Waals surface area contributed by atoms with Crippen molar-refractivity contribution in [3.63, 3.8) is 0 Å². The van der Waals surface area contributed by atoms with Gasteiger partial charge in [0.2, 0.25) is 0 Å². The molecule has 4 saturated heterocycles.